The number of nitrogens with zero attached hydrogens (tertiary/aromatic N) is 4. The van der Waals surface area contributed by atoms with Crippen LogP contribution in [0, 0.1) is 5.82 Å². The van der Waals surface area contributed by atoms with Gasteiger partial charge in [-0.1, -0.05) is 0 Å². The van der Waals surface area contributed by atoms with Crippen LogP contribution in [0.2, 0.25) is 0 Å². The first kappa shape index (κ1) is 13.0. The van der Waals surface area contributed by atoms with Crippen LogP contribution in [0.25, 0.3) is 0 Å². The van der Waals surface area contributed by atoms with Crippen LogP contribution < -0.4 is 10.2 Å². The molecule has 7 heteroatoms. The lowest BCUT2D eigenvalue weighted by Crippen LogP contribution is -2.47. The monoisotopic (exact) mass is 255 g/mol. The molecule has 1 fully saturated rings. The van der Waals surface area contributed by atoms with Crippen molar-refractivity contribution < 1.29 is 9.50 Å². The van der Waals surface area contributed by atoms with E-state index in [9.17, 15) is 4.39 Å². The third-order valence-corrected chi connectivity index (χ3v) is 3.04. The molecule has 100 valence electrons. The largest absolute Gasteiger partial charge is 0.395 e. The highest BCUT2D eigenvalue weighted by atomic mass is 19.1. The Balaban J connectivity index is 2.04. The van der Waals surface area contributed by atoms with Gasteiger partial charge < -0.3 is 15.3 Å². The lowest BCUT2D eigenvalue weighted by molar-refractivity contribution is 0.188. The molecular weight excluding hydrogens is 237 g/mol. The van der Waals surface area contributed by atoms with Crippen molar-refractivity contribution in [3.63, 3.8) is 0 Å². The summed E-state index contributed by atoms with van der Waals surface area (Å²) in [5.41, 5.74) is 0. The van der Waals surface area contributed by atoms with Crippen LogP contribution in [-0.4, -0.2) is 66.4 Å². The number of aromatic nitrogens is 2. The molecule has 0 amide bonds. The van der Waals surface area contributed by atoms with E-state index in [1.165, 1.54) is 6.20 Å². The normalized spacial score (nSPS) is 16.9. The van der Waals surface area contributed by atoms with E-state index < -0.39 is 5.82 Å². The minimum atomic E-state index is -0.399. The van der Waals surface area contributed by atoms with Crippen molar-refractivity contribution in [2.24, 2.45) is 0 Å². The Hall–Kier alpha value is -1.47. The standard InChI is InChI=1S/C11H18FN5O/c1-13-11-14-8-9(12)10(15-11)17-4-2-16(3-5-17)6-7-18/h8,18H,2-7H2,1H3,(H,13,14,15). The van der Waals surface area contributed by atoms with E-state index in [4.69, 9.17) is 5.11 Å². The molecule has 0 spiro atoms. The number of hydrogen-bond acceptors (Lipinski definition) is 6. The molecular formula is C11H18FN5O. The molecule has 2 N–H and O–H groups in total. The number of halogens is 1. The third kappa shape index (κ3) is 2.85. The summed E-state index contributed by atoms with van der Waals surface area (Å²) in [5, 5.41) is 11.7. The number of rotatable bonds is 4. The summed E-state index contributed by atoms with van der Waals surface area (Å²) in [4.78, 5) is 12.0. The van der Waals surface area contributed by atoms with Gasteiger partial charge in [0.1, 0.15) is 0 Å². The van der Waals surface area contributed by atoms with Gasteiger partial charge in [-0.05, 0) is 0 Å². The first-order valence-electron chi connectivity index (χ1n) is 6.03. The summed E-state index contributed by atoms with van der Waals surface area (Å²) < 4.78 is 13.7. The zero-order valence-corrected chi connectivity index (χ0v) is 10.4. The fourth-order valence-electron chi connectivity index (χ4n) is 2.03. The van der Waals surface area contributed by atoms with Crippen molar-refractivity contribution in [1.29, 1.82) is 0 Å². The topological polar surface area (TPSA) is 64.5 Å². The highest BCUT2D eigenvalue weighted by molar-refractivity contribution is 5.44. The second kappa shape index (κ2) is 5.92. The Bertz CT molecular complexity index is 395. The molecule has 2 rings (SSSR count). The minimum absolute atomic E-state index is 0.159. The van der Waals surface area contributed by atoms with Crippen molar-refractivity contribution in [3.05, 3.63) is 12.0 Å². The van der Waals surface area contributed by atoms with Crippen LogP contribution >= 0.6 is 0 Å². The maximum absolute atomic E-state index is 13.7. The predicted molar refractivity (Wildman–Crippen MR) is 67.3 cm³/mol. The Kier molecular flexibility index (Phi) is 4.27. The van der Waals surface area contributed by atoms with Crippen LogP contribution in [0.1, 0.15) is 0 Å². The zero-order chi connectivity index (χ0) is 13.0. The highest BCUT2D eigenvalue weighted by Crippen LogP contribution is 2.18. The molecule has 1 aromatic rings. The maximum Gasteiger partial charge on any atom is 0.224 e. The number of anilines is 2. The molecule has 2 heterocycles. The summed E-state index contributed by atoms with van der Waals surface area (Å²) in [6.45, 7) is 3.85. The second-order valence-corrected chi connectivity index (χ2v) is 4.17. The van der Waals surface area contributed by atoms with Gasteiger partial charge in [-0.2, -0.15) is 4.98 Å². The van der Waals surface area contributed by atoms with Gasteiger partial charge in [-0.3, -0.25) is 4.90 Å². The molecule has 0 radical (unpaired) electrons. The molecule has 18 heavy (non-hydrogen) atoms. The van der Waals surface area contributed by atoms with Gasteiger partial charge >= 0.3 is 0 Å². The smallest absolute Gasteiger partial charge is 0.224 e. The summed E-state index contributed by atoms with van der Waals surface area (Å²) in [5.74, 6) is 0.367. The predicted octanol–water partition coefficient (Wildman–Crippen LogP) is -0.228. The number of nitrogens with one attached hydrogen (secondary N) is 1. The average Bonchev–Trinajstić information content (AvgIpc) is 2.41. The summed E-state index contributed by atoms with van der Waals surface area (Å²) in [7, 11) is 1.70. The average molecular weight is 255 g/mol. The third-order valence-electron chi connectivity index (χ3n) is 3.04. The SMILES string of the molecule is CNc1ncc(F)c(N2CCN(CCO)CC2)n1. The van der Waals surface area contributed by atoms with Crippen molar-refractivity contribution in [2.75, 3.05) is 56.6 Å². The van der Waals surface area contributed by atoms with Gasteiger partial charge in [-0.25, -0.2) is 9.37 Å². The van der Waals surface area contributed by atoms with E-state index in [1.807, 2.05) is 4.90 Å². The van der Waals surface area contributed by atoms with Gasteiger partial charge in [0.15, 0.2) is 11.6 Å². The van der Waals surface area contributed by atoms with Gasteiger partial charge in [0.05, 0.1) is 12.8 Å². The van der Waals surface area contributed by atoms with Crippen molar-refractivity contribution >= 4 is 11.8 Å². The summed E-state index contributed by atoms with van der Waals surface area (Å²) >= 11 is 0. The second-order valence-electron chi connectivity index (χ2n) is 4.17. The van der Waals surface area contributed by atoms with E-state index in [2.05, 4.69) is 20.2 Å². The molecule has 0 aromatic carbocycles. The quantitative estimate of drug-likeness (QED) is 0.775. The lowest BCUT2D eigenvalue weighted by Gasteiger charge is -2.35. The van der Waals surface area contributed by atoms with Crippen LogP contribution in [0.15, 0.2) is 6.20 Å². The molecule has 0 unspecified atom stereocenters. The van der Waals surface area contributed by atoms with E-state index in [0.717, 1.165) is 13.1 Å². The van der Waals surface area contributed by atoms with Gasteiger partial charge in [0.25, 0.3) is 0 Å². The van der Waals surface area contributed by atoms with E-state index in [1.54, 1.807) is 7.05 Å². The summed E-state index contributed by atoms with van der Waals surface area (Å²) in [6.07, 6.45) is 1.19. The van der Waals surface area contributed by atoms with Gasteiger partial charge in [-0.15, -0.1) is 0 Å². The first-order valence-corrected chi connectivity index (χ1v) is 6.03. The van der Waals surface area contributed by atoms with E-state index in [0.29, 0.717) is 31.4 Å². The molecule has 6 nitrogen and oxygen atoms in total. The van der Waals surface area contributed by atoms with Crippen LogP contribution in [0.4, 0.5) is 16.2 Å². The first-order chi connectivity index (χ1) is 8.74. The molecule has 1 aliphatic heterocycles. The molecule has 1 aliphatic rings. The number of piperazine rings is 1. The molecule has 0 atom stereocenters. The van der Waals surface area contributed by atoms with E-state index in [-0.39, 0.29) is 6.61 Å². The number of β-amino-alcohol motifs (C(OH)–C–C–N with tert-alkyl or cyclic N) is 1. The molecule has 0 bridgehead atoms. The van der Waals surface area contributed by atoms with Gasteiger partial charge in [0, 0.05) is 39.8 Å². The Morgan fingerprint density at radius 1 is 1.39 bits per heavy atom. The fraction of sp³-hybridized carbons (Fsp3) is 0.636. The Labute approximate surface area is 105 Å². The maximum atomic E-state index is 13.7. The number of aliphatic hydroxyl groups excluding tert-OH is 1. The Morgan fingerprint density at radius 3 is 2.72 bits per heavy atom. The van der Waals surface area contributed by atoms with Crippen molar-refractivity contribution in [3.8, 4) is 0 Å². The number of aliphatic hydroxyl groups is 1. The zero-order valence-electron chi connectivity index (χ0n) is 10.4. The lowest BCUT2D eigenvalue weighted by atomic mass is 10.3. The fourth-order valence-corrected chi connectivity index (χ4v) is 2.03. The molecule has 0 aliphatic carbocycles. The Morgan fingerprint density at radius 2 is 2.11 bits per heavy atom. The number of hydrogen-bond donors (Lipinski definition) is 2. The molecule has 0 saturated carbocycles. The summed E-state index contributed by atoms with van der Waals surface area (Å²) in [6, 6.07) is 0. The van der Waals surface area contributed by atoms with Crippen LogP contribution in [-0.2, 0) is 0 Å². The molecule has 1 saturated heterocycles. The highest BCUT2D eigenvalue weighted by Gasteiger charge is 2.20. The van der Waals surface area contributed by atoms with E-state index >= 15 is 0 Å². The minimum Gasteiger partial charge on any atom is -0.395 e. The van der Waals surface area contributed by atoms with Crippen molar-refractivity contribution in [2.45, 2.75) is 0 Å². The van der Waals surface area contributed by atoms with Crippen LogP contribution in [0.5, 0.6) is 0 Å². The van der Waals surface area contributed by atoms with Crippen molar-refractivity contribution in [1.82, 2.24) is 14.9 Å². The van der Waals surface area contributed by atoms with Crippen LogP contribution in [0.3, 0.4) is 0 Å². The molecule has 1 aromatic heterocycles. The van der Waals surface area contributed by atoms with Gasteiger partial charge in [0.2, 0.25) is 5.95 Å².